The number of fused-ring (bicyclic) bond motifs is 1. The van der Waals surface area contributed by atoms with E-state index in [2.05, 4.69) is 4.98 Å². The van der Waals surface area contributed by atoms with E-state index in [0.717, 1.165) is 16.6 Å². The van der Waals surface area contributed by atoms with Crippen molar-refractivity contribution in [3.63, 3.8) is 0 Å². The number of carbonyl (C=O) groups is 2. The van der Waals surface area contributed by atoms with Crippen LogP contribution in [0, 0.1) is 5.92 Å². The smallest absolute Gasteiger partial charge is 0.335 e. The molecule has 1 aliphatic carbocycles. The van der Waals surface area contributed by atoms with Gasteiger partial charge in [-0.3, -0.25) is 9.78 Å². The first-order valence-electron chi connectivity index (χ1n) is 11.2. The van der Waals surface area contributed by atoms with Gasteiger partial charge in [-0.15, -0.1) is 0 Å². The molecule has 6 nitrogen and oxygen atoms in total. The van der Waals surface area contributed by atoms with E-state index in [1.807, 2.05) is 16.8 Å². The molecule has 0 atom stereocenters. The van der Waals surface area contributed by atoms with Crippen LogP contribution in [0.15, 0.2) is 48.4 Å². The van der Waals surface area contributed by atoms with Gasteiger partial charge in [0.1, 0.15) is 0 Å². The van der Waals surface area contributed by atoms with E-state index < -0.39 is 11.9 Å². The molecule has 1 fully saturated rings. The molecule has 2 aromatic heterocycles. The van der Waals surface area contributed by atoms with Crippen LogP contribution in [-0.2, 0) is 11.3 Å². The molecular weight excluding hydrogens is 440 g/mol. The third kappa shape index (κ3) is 4.71. The van der Waals surface area contributed by atoms with Gasteiger partial charge < -0.3 is 15.4 Å². The van der Waals surface area contributed by atoms with E-state index in [9.17, 15) is 23.5 Å². The Kier molecular flexibility index (Phi) is 6.25. The molecule has 0 aliphatic heterocycles. The minimum absolute atomic E-state index is 0.0974. The highest BCUT2D eigenvalue weighted by molar-refractivity contribution is 6.20. The van der Waals surface area contributed by atoms with E-state index >= 15 is 0 Å². The number of ketones is 1. The number of hydrogen-bond donors (Lipinski definition) is 2. The maximum Gasteiger partial charge on any atom is 0.335 e. The average molecular weight is 468 g/mol. The monoisotopic (exact) mass is 467 g/mol. The number of aromatic carboxylic acids is 1. The van der Waals surface area contributed by atoms with Crippen LogP contribution in [0.3, 0.4) is 0 Å². The highest BCUT2D eigenvalue weighted by Gasteiger charge is 2.35. The number of aromatic nitrogens is 2. The van der Waals surface area contributed by atoms with Crippen LogP contribution in [0.1, 0.15) is 55.5 Å². The molecule has 3 N–H and O–H groups in total. The predicted octanol–water partition coefficient (Wildman–Crippen LogP) is 5.51. The molecule has 3 aromatic rings. The second-order valence-electron chi connectivity index (χ2n) is 9.08. The number of carboxylic acid groups (broad SMARTS) is 1. The van der Waals surface area contributed by atoms with Gasteiger partial charge in [0.05, 0.1) is 16.6 Å². The highest BCUT2D eigenvalue weighted by Crippen LogP contribution is 2.38. The van der Waals surface area contributed by atoms with Crippen LogP contribution in [0.5, 0.6) is 0 Å². The van der Waals surface area contributed by atoms with Crippen molar-refractivity contribution in [2.45, 2.75) is 52.0 Å². The first kappa shape index (κ1) is 23.6. The van der Waals surface area contributed by atoms with Gasteiger partial charge in [-0.05, 0) is 56.4 Å². The minimum atomic E-state index is -2.60. The number of carboxylic acids is 1. The van der Waals surface area contributed by atoms with Crippen LogP contribution >= 0.6 is 0 Å². The number of hydrogen-bond acceptors (Lipinski definition) is 4. The van der Waals surface area contributed by atoms with Crippen LogP contribution in [0.4, 0.5) is 8.78 Å². The number of carbonyl (C=O) groups excluding carboxylic acids is 1. The average Bonchev–Trinajstić information content (AvgIpc) is 3.12. The van der Waals surface area contributed by atoms with Crippen molar-refractivity contribution in [3.05, 3.63) is 59.5 Å². The van der Waals surface area contributed by atoms with Gasteiger partial charge in [-0.25, -0.2) is 13.6 Å². The predicted molar refractivity (Wildman–Crippen MR) is 126 cm³/mol. The Balaban J connectivity index is 1.81. The summed E-state index contributed by atoms with van der Waals surface area (Å²) in [5.74, 6) is -3.68. The second kappa shape index (κ2) is 9.00. The van der Waals surface area contributed by atoms with Crippen LogP contribution in [-0.4, -0.2) is 32.3 Å². The summed E-state index contributed by atoms with van der Waals surface area (Å²) in [7, 11) is 0. The number of alkyl halides is 2. The topological polar surface area (TPSA) is 98.2 Å². The van der Waals surface area contributed by atoms with Crippen molar-refractivity contribution >= 4 is 28.4 Å². The van der Waals surface area contributed by atoms with Crippen molar-refractivity contribution in [1.82, 2.24) is 9.55 Å². The van der Waals surface area contributed by atoms with Gasteiger partial charge in [0.25, 0.3) is 0 Å². The van der Waals surface area contributed by atoms with E-state index in [0.29, 0.717) is 41.7 Å². The first-order valence-corrected chi connectivity index (χ1v) is 11.2. The number of benzene rings is 1. The van der Waals surface area contributed by atoms with Crippen molar-refractivity contribution < 1.29 is 23.5 Å². The van der Waals surface area contributed by atoms with Gasteiger partial charge >= 0.3 is 5.97 Å². The van der Waals surface area contributed by atoms with Gasteiger partial charge in [0, 0.05) is 54.2 Å². The number of rotatable bonds is 6. The molecule has 2 heterocycles. The molecule has 0 saturated heterocycles. The summed E-state index contributed by atoms with van der Waals surface area (Å²) < 4.78 is 29.3. The Hall–Kier alpha value is -3.55. The molecule has 4 rings (SSSR count). The number of Topliss-reactive ketones (excluding diaryl/α,β-unsaturated/α-hetero) is 1. The fraction of sp³-hybridized carbons (Fsp3) is 0.346. The number of nitrogens with two attached hydrogens (primary N) is 1. The summed E-state index contributed by atoms with van der Waals surface area (Å²) >= 11 is 0. The van der Waals surface area contributed by atoms with E-state index in [1.54, 1.807) is 25.3 Å². The SMILES string of the molecule is CC(=O)C(=C(C)N)c1cnc2c(-c3ccc(C(=O)O)cc3)cn(CC3CCC(F)(F)CC3)c2c1. The molecule has 0 amide bonds. The second-order valence-corrected chi connectivity index (χ2v) is 9.08. The summed E-state index contributed by atoms with van der Waals surface area (Å²) in [6, 6.07) is 8.39. The molecule has 1 saturated carbocycles. The van der Waals surface area contributed by atoms with Crippen LogP contribution in [0.25, 0.3) is 27.7 Å². The summed E-state index contributed by atoms with van der Waals surface area (Å²) in [5, 5.41) is 9.20. The number of nitrogens with zero attached hydrogens (tertiary/aromatic N) is 2. The zero-order valence-corrected chi connectivity index (χ0v) is 19.1. The summed E-state index contributed by atoms with van der Waals surface area (Å²) in [6.45, 7) is 3.66. The maximum atomic E-state index is 13.7. The molecule has 0 unspecified atom stereocenters. The van der Waals surface area contributed by atoms with E-state index in [4.69, 9.17) is 5.73 Å². The molecule has 8 heteroatoms. The van der Waals surface area contributed by atoms with Gasteiger partial charge in [-0.1, -0.05) is 12.1 Å². The van der Waals surface area contributed by atoms with Gasteiger partial charge in [0.2, 0.25) is 5.92 Å². The summed E-state index contributed by atoms with van der Waals surface area (Å²) in [4.78, 5) is 28.1. The van der Waals surface area contributed by atoms with Crippen molar-refractivity contribution in [3.8, 4) is 11.1 Å². The van der Waals surface area contributed by atoms with Crippen molar-refractivity contribution in [2.24, 2.45) is 11.7 Å². The quantitative estimate of drug-likeness (QED) is 0.466. The Morgan fingerprint density at radius 1 is 1.15 bits per heavy atom. The molecule has 34 heavy (non-hydrogen) atoms. The van der Waals surface area contributed by atoms with Gasteiger partial charge in [0.15, 0.2) is 5.78 Å². The lowest BCUT2D eigenvalue weighted by Crippen LogP contribution is -2.26. The summed E-state index contributed by atoms with van der Waals surface area (Å²) in [5.41, 5.74) is 10.6. The molecule has 0 radical (unpaired) electrons. The standard InChI is InChI=1S/C26H27F2N3O3/c1-15(29)23(16(2)32)20-11-22-24(30-12-20)21(18-3-5-19(6-4-18)25(33)34)14-31(22)13-17-7-9-26(27,28)10-8-17/h3-6,11-12,14,17H,7-10,13,29H2,1-2H3,(H,33,34). The maximum absolute atomic E-state index is 13.7. The lowest BCUT2D eigenvalue weighted by atomic mass is 9.87. The third-order valence-corrected chi connectivity index (χ3v) is 6.49. The van der Waals surface area contributed by atoms with E-state index in [-0.39, 0.29) is 30.1 Å². The zero-order valence-electron chi connectivity index (χ0n) is 19.1. The molecule has 0 bridgehead atoms. The molecule has 1 aromatic carbocycles. The van der Waals surface area contributed by atoms with Crippen molar-refractivity contribution in [1.29, 1.82) is 0 Å². The summed E-state index contributed by atoms with van der Waals surface area (Å²) in [6.07, 6.45) is 4.17. The minimum Gasteiger partial charge on any atom is -0.478 e. The molecule has 178 valence electrons. The van der Waals surface area contributed by atoms with Crippen molar-refractivity contribution in [2.75, 3.05) is 0 Å². The Morgan fingerprint density at radius 2 is 1.79 bits per heavy atom. The number of halogens is 2. The van der Waals surface area contributed by atoms with E-state index in [1.165, 1.54) is 19.1 Å². The highest BCUT2D eigenvalue weighted by atomic mass is 19.3. The Bertz CT molecular complexity index is 1280. The fourth-order valence-corrected chi connectivity index (χ4v) is 4.73. The number of pyridine rings is 1. The van der Waals surface area contributed by atoms with Crippen LogP contribution in [0.2, 0.25) is 0 Å². The Labute approximate surface area is 196 Å². The number of allylic oxidation sites excluding steroid dienone is 2. The normalized spacial score (nSPS) is 16.9. The molecule has 0 spiro atoms. The lowest BCUT2D eigenvalue weighted by Gasteiger charge is -2.28. The zero-order chi connectivity index (χ0) is 24.6. The Morgan fingerprint density at radius 3 is 2.35 bits per heavy atom. The largest absolute Gasteiger partial charge is 0.478 e. The van der Waals surface area contributed by atoms with Gasteiger partial charge in [-0.2, -0.15) is 0 Å². The molecular formula is C26H27F2N3O3. The fourth-order valence-electron chi connectivity index (χ4n) is 4.73. The third-order valence-electron chi connectivity index (χ3n) is 6.49. The van der Waals surface area contributed by atoms with Crippen LogP contribution < -0.4 is 5.73 Å². The molecule has 1 aliphatic rings. The lowest BCUT2D eigenvalue weighted by molar-refractivity contribution is -0.111. The first-order chi connectivity index (χ1) is 16.1.